The monoisotopic (exact) mass is 1030 g/mol. The highest BCUT2D eigenvalue weighted by molar-refractivity contribution is 5.95. The lowest BCUT2D eigenvalue weighted by molar-refractivity contribution is -0.135. The van der Waals surface area contributed by atoms with Crippen molar-refractivity contribution in [3.05, 3.63) is 70.8 Å². The van der Waals surface area contributed by atoms with Crippen molar-refractivity contribution >= 4 is 71.6 Å². The predicted molar refractivity (Wildman–Crippen MR) is 240 cm³/mol. The van der Waals surface area contributed by atoms with Crippen LogP contribution in [-0.2, 0) is 59.1 Å². The van der Waals surface area contributed by atoms with E-state index in [1.165, 1.54) is 12.1 Å². The molecule has 74 heavy (non-hydrogen) atoms. The SMILES string of the molecule is CC(=O)Oc1cc(OC(C)=O)c2c(c1)O[C@H](c1cc(OC(C)=O)c(OC(=O)c3cc(OC(C)=O)c(OC(C)=O)c(OC(C)=O)c3)c(OC(C)=O)c1)[C@H](OC(=O)c1cc(OC(C)=O)c(OC(C)=O)c(OC(C)=O)c1)C2. The van der Waals surface area contributed by atoms with E-state index in [9.17, 15) is 57.5 Å². The Kier molecular flexibility index (Phi) is 17.5. The fourth-order valence-electron chi connectivity index (χ4n) is 6.76. The van der Waals surface area contributed by atoms with Crippen LogP contribution in [0.4, 0.5) is 0 Å². The first kappa shape index (κ1) is 55.2. The van der Waals surface area contributed by atoms with Gasteiger partial charge in [-0.15, -0.1) is 0 Å². The van der Waals surface area contributed by atoms with E-state index < -0.39 is 153 Å². The van der Waals surface area contributed by atoms with Gasteiger partial charge in [-0.1, -0.05) is 0 Å². The largest absolute Gasteiger partial charge is 0.481 e. The highest BCUT2D eigenvalue weighted by Gasteiger charge is 2.40. The van der Waals surface area contributed by atoms with Crippen LogP contribution in [-0.4, -0.2) is 77.7 Å². The summed E-state index contributed by atoms with van der Waals surface area (Å²) in [5, 5.41) is 0. The molecule has 0 fully saturated rings. The summed E-state index contributed by atoms with van der Waals surface area (Å²) in [6.45, 7) is 9.91. The van der Waals surface area contributed by atoms with Gasteiger partial charge in [-0.05, 0) is 36.4 Å². The second-order valence-electron chi connectivity index (χ2n) is 15.4. The number of fused-ring (bicyclic) bond motifs is 1. The van der Waals surface area contributed by atoms with E-state index in [1.54, 1.807) is 0 Å². The first-order chi connectivity index (χ1) is 34.7. The van der Waals surface area contributed by atoms with Crippen LogP contribution in [0.25, 0.3) is 0 Å². The Hall–Kier alpha value is -9.68. The Labute approximate surface area is 417 Å². The van der Waals surface area contributed by atoms with Gasteiger partial charge in [0, 0.05) is 98.9 Å². The lowest BCUT2D eigenvalue weighted by atomic mass is 9.93. The molecule has 5 rings (SSSR count). The molecule has 0 N–H and O–H groups in total. The number of rotatable bonds is 15. The number of hydrogen-bond donors (Lipinski definition) is 0. The number of hydrogen-bond acceptors (Lipinski definition) is 25. The molecule has 0 spiro atoms. The van der Waals surface area contributed by atoms with E-state index in [0.717, 1.165) is 106 Å². The van der Waals surface area contributed by atoms with Gasteiger partial charge < -0.3 is 61.6 Å². The third-order valence-electron chi connectivity index (χ3n) is 9.01. The van der Waals surface area contributed by atoms with Crippen LogP contribution in [0.5, 0.6) is 69.0 Å². The van der Waals surface area contributed by atoms with Crippen LogP contribution < -0.4 is 56.8 Å². The molecule has 0 amide bonds. The van der Waals surface area contributed by atoms with Crippen molar-refractivity contribution in [3.8, 4) is 69.0 Å². The lowest BCUT2D eigenvalue weighted by Gasteiger charge is -2.34. The Morgan fingerprint density at radius 1 is 0.365 bits per heavy atom. The molecule has 25 nitrogen and oxygen atoms in total. The van der Waals surface area contributed by atoms with Crippen LogP contribution in [0.15, 0.2) is 48.5 Å². The summed E-state index contributed by atoms with van der Waals surface area (Å²) in [6, 6.07) is 8.06. The molecule has 0 aromatic heterocycles. The van der Waals surface area contributed by atoms with Crippen molar-refractivity contribution in [1.82, 2.24) is 0 Å². The maximum atomic E-state index is 14.3. The van der Waals surface area contributed by atoms with Gasteiger partial charge in [-0.3, -0.25) is 47.9 Å². The molecule has 2 atom stereocenters. The second-order valence-corrected chi connectivity index (χ2v) is 15.4. The fraction of sp³-hybridized carbons (Fsp3) is 0.265. The Morgan fingerprint density at radius 3 is 1.05 bits per heavy atom. The average Bonchev–Trinajstić information content (AvgIpc) is 3.24. The Balaban J connectivity index is 1.74. The van der Waals surface area contributed by atoms with E-state index in [1.807, 2.05) is 0 Å². The zero-order chi connectivity index (χ0) is 54.9. The summed E-state index contributed by atoms with van der Waals surface area (Å²) >= 11 is 0. The number of ether oxygens (including phenoxy) is 13. The van der Waals surface area contributed by atoms with Gasteiger partial charge in [0.2, 0.25) is 17.2 Å². The Bertz CT molecular complexity index is 2940. The summed E-state index contributed by atoms with van der Waals surface area (Å²) in [5.41, 5.74) is -1.18. The first-order valence-electron chi connectivity index (χ1n) is 21.3. The molecule has 1 aliphatic rings. The van der Waals surface area contributed by atoms with Gasteiger partial charge in [-0.2, -0.15) is 0 Å². The maximum absolute atomic E-state index is 14.3. The van der Waals surface area contributed by atoms with Crippen LogP contribution in [0.3, 0.4) is 0 Å². The minimum Gasteiger partial charge on any atom is -0.481 e. The predicted octanol–water partition coefficient (Wildman–Crippen LogP) is 5.06. The smallest absolute Gasteiger partial charge is 0.344 e. The summed E-state index contributed by atoms with van der Waals surface area (Å²) < 4.78 is 70.6. The number of benzene rings is 4. The van der Waals surface area contributed by atoms with Gasteiger partial charge in [0.05, 0.1) is 11.1 Å². The van der Waals surface area contributed by atoms with Gasteiger partial charge in [0.1, 0.15) is 23.4 Å². The first-order valence-corrected chi connectivity index (χ1v) is 21.3. The summed E-state index contributed by atoms with van der Waals surface area (Å²) in [6.07, 6.45) is -3.68. The molecule has 0 bridgehead atoms. The third-order valence-corrected chi connectivity index (χ3v) is 9.01. The average molecular weight is 1030 g/mol. The summed E-state index contributed by atoms with van der Waals surface area (Å²) in [7, 11) is 0. The van der Waals surface area contributed by atoms with Crippen LogP contribution in [0.2, 0.25) is 0 Å². The normalized spacial score (nSPS) is 13.2. The quantitative estimate of drug-likeness (QED) is 0.111. The van der Waals surface area contributed by atoms with Gasteiger partial charge >= 0.3 is 71.6 Å². The Morgan fingerprint density at radius 2 is 0.689 bits per heavy atom. The van der Waals surface area contributed by atoms with E-state index in [-0.39, 0.29) is 28.4 Å². The standard InChI is InChI=1S/C49H42O25/c1-20(50)62-33-17-35(63-21(2)51)34-19-43(73-48(60)31-13-39(66-24(5)54)45(70-28(9)58)40(14-31)67-25(6)55)44(72-36(34)18-33)30-11-37(64-22(3)52)47(38(12-30)65-23(4)53)74-49(61)32-15-41(68-26(7)56)46(71-29(10)59)42(16-32)69-27(8)57/h11-18,43-44H,19H2,1-10H3/t43-,44-/m1/s1. The van der Waals surface area contributed by atoms with Crippen molar-refractivity contribution in [2.24, 2.45) is 0 Å². The number of esters is 12. The van der Waals surface area contributed by atoms with Crippen molar-refractivity contribution in [2.75, 3.05) is 0 Å². The van der Waals surface area contributed by atoms with E-state index in [2.05, 4.69) is 0 Å². The van der Waals surface area contributed by atoms with Crippen molar-refractivity contribution in [2.45, 2.75) is 87.9 Å². The molecule has 1 heterocycles. The van der Waals surface area contributed by atoms with Crippen LogP contribution in [0, 0.1) is 0 Å². The van der Waals surface area contributed by atoms with Crippen molar-refractivity contribution < 1.29 is 119 Å². The van der Waals surface area contributed by atoms with Gasteiger partial charge in [0.25, 0.3) is 0 Å². The molecule has 0 saturated carbocycles. The van der Waals surface area contributed by atoms with Crippen LogP contribution >= 0.6 is 0 Å². The molecule has 1 aliphatic heterocycles. The molecule has 4 aromatic rings. The molecule has 25 heteroatoms. The topological polar surface area (TPSA) is 325 Å². The molecule has 0 unspecified atom stereocenters. The van der Waals surface area contributed by atoms with Crippen molar-refractivity contribution in [3.63, 3.8) is 0 Å². The molecule has 4 aromatic carbocycles. The summed E-state index contributed by atoms with van der Waals surface area (Å²) in [4.78, 5) is 151. The number of carbonyl (C=O) groups is 12. The van der Waals surface area contributed by atoms with Crippen LogP contribution in [0.1, 0.15) is 107 Å². The molecule has 0 radical (unpaired) electrons. The third kappa shape index (κ3) is 14.7. The number of carbonyl (C=O) groups excluding carboxylic acids is 12. The minimum absolute atomic E-state index is 0.0449. The zero-order valence-corrected chi connectivity index (χ0v) is 40.7. The lowest BCUT2D eigenvalue weighted by Crippen LogP contribution is -2.35. The van der Waals surface area contributed by atoms with Gasteiger partial charge in [0.15, 0.2) is 40.6 Å². The van der Waals surface area contributed by atoms with E-state index in [0.29, 0.717) is 0 Å². The fourth-order valence-corrected chi connectivity index (χ4v) is 6.76. The molecule has 388 valence electrons. The zero-order valence-electron chi connectivity index (χ0n) is 40.7. The van der Waals surface area contributed by atoms with E-state index >= 15 is 0 Å². The molecule has 0 saturated heterocycles. The highest BCUT2D eigenvalue weighted by Crippen LogP contribution is 2.49. The minimum atomic E-state index is -1.63. The highest BCUT2D eigenvalue weighted by atomic mass is 16.6. The summed E-state index contributed by atoms with van der Waals surface area (Å²) in [5.74, 6) is -18.3. The second kappa shape index (κ2) is 23.5. The molecular weight excluding hydrogens is 989 g/mol. The van der Waals surface area contributed by atoms with Gasteiger partial charge in [-0.25, -0.2) is 9.59 Å². The van der Waals surface area contributed by atoms with E-state index in [4.69, 9.17) is 61.6 Å². The maximum Gasteiger partial charge on any atom is 0.344 e. The van der Waals surface area contributed by atoms with Crippen molar-refractivity contribution in [1.29, 1.82) is 0 Å². The molecule has 0 aliphatic carbocycles. The molecular formula is C49H42O25.